The van der Waals surface area contributed by atoms with Crippen molar-refractivity contribution in [1.82, 2.24) is 9.46 Å². The Bertz CT molecular complexity index is 314. The first-order valence-corrected chi connectivity index (χ1v) is 2.78. The minimum Gasteiger partial charge on any atom is -0.390 e. The van der Waals surface area contributed by atoms with Gasteiger partial charge in [0.05, 0.1) is 12.2 Å². The quantitative estimate of drug-likeness (QED) is 0.322. The van der Waals surface area contributed by atoms with Gasteiger partial charge in [-0.2, -0.15) is 0 Å². The summed E-state index contributed by atoms with van der Waals surface area (Å²) in [6.07, 6.45) is 2.68. The molecule has 0 bridgehead atoms. The number of aromatic nitrogens is 2. The molecule has 6 nitrogen and oxygen atoms in total. The lowest BCUT2D eigenvalue weighted by molar-refractivity contribution is -0.394. The summed E-state index contributed by atoms with van der Waals surface area (Å²) >= 11 is 0. The van der Waals surface area contributed by atoms with Crippen molar-refractivity contribution in [1.29, 1.82) is 5.26 Å². The van der Waals surface area contributed by atoms with Crippen LogP contribution in [-0.4, -0.2) is 21.8 Å². The van der Waals surface area contributed by atoms with Crippen molar-refractivity contribution in [3.05, 3.63) is 22.5 Å². The number of nitriles is 1. The van der Waals surface area contributed by atoms with Crippen LogP contribution in [0.2, 0.25) is 0 Å². The standard InChI is InChI=1S/C4H3BN4O2/c6-3-5-8-2-1-7-4(8)9(10)11/h1-2,5H. The van der Waals surface area contributed by atoms with E-state index >= 15 is 0 Å². The van der Waals surface area contributed by atoms with Crippen LogP contribution in [-0.2, 0) is 0 Å². The molecule has 0 amide bonds. The number of rotatable bonds is 2. The predicted molar refractivity (Wildman–Crippen MR) is 37.0 cm³/mol. The van der Waals surface area contributed by atoms with Crippen LogP contribution < -0.4 is 0 Å². The van der Waals surface area contributed by atoms with Gasteiger partial charge < -0.3 is 10.1 Å². The van der Waals surface area contributed by atoms with Gasteiger partial charge in [0.2, 0.25) is 0 Å². The van der Waals surface area contributed by atoms with Crippen LogP contribution in [0.4, 0.5) is 5.95 Å². The van der Waals surface area contributed by atoms with Crippen molar-refractivity contribution >= 4 is 13.4 Å². The van der Waals surface area contributed by atoms with Crippen LogP contribution >= 0.6 is 0 Å². The Morgan fingerprint density at radius 3 is 3.18 bits per heavy atom. The van der Waals surface area contributed by atoms with Crippen molar-refractivity contribution in [2.24, 2.45) is 0 Å². The average Bonchev–Trinajstić information content (AvgIpc) is 2.36. The van der Waals surface area contributed by atoms with Crippen molar-refractivity contribution in [3.8, 4) is 5.97 Å². The molecule has 7 heteroatoms. The van der Waals surface area contributed by atoms with E-state index in [1.165, 1.54) is 16.9 Å². The first kappa shape index (κ1) is 7.27. The largest absolute Gasteiger partial charge is 0.442 e. The zero-order chi connectivity index (χ0) is 8.27. The molecule has 54 valence electrons. The molecule has 0 aliphatic rings. The number of nitrogens with zero attached hydrogens (tertiary/aromatic N) is 4. The van der Waals surface area contributed by atoms with E-state index in [-0.39, 0.29) is 13.4 Å². The van der Waals surface area contributed by atoms with Gasteiger partial charge in [-0.25, -0.2) is 5.26 Å². The Kier molecular flexibility index (Phi) is 1.87. The fourth-order valence-electron chi connectivity index (χ4n) is 0.673. The highest BCUT2D eigenvalue weighted by Gasteiger charge is 2.13. The van der Waals surface area contributed by atoms with Crippen molar-refractivity contribution in [2.75, 3.05) is 0 Å². The van der Waals surface area contributed by atoms with E-state index in [9.17, 15) is 10.1 Å². The number of hydrogen-bond acceptors (Lipinski definition) is 4. The lowest BCUT2D eigenvalue weighted by atomic mass is 9.99. The summed E-state index contributed by atoms with van der Waals surface area (Å²) in [5.41, 5.74) is 0. The first-order chi connectivity index (χ1) is 5.25. The molecule has 0 radical (unpaired) electrons. The zero-order valence-electron chi connectivity index (χ0n) is 5.47. The van der Waals surface area contributed by atoms with Gasteiger partial charge in [0.15, 0.2) is 0 Å². The van der Waals surface area contributed by atoms with Crippen LogP contribution in [0.15, 0.2) is 12.4 Å². The molecule has 0 aromatic carbocycles. The molecule has 11 heavy (non-hydrogen) atoms. The third kappa shape index (κ3) is 1.35. The molecule has 0 aliphatic heterocycles. The van der Waals surface area contributed by atoms with E-state index in [4.69, 9.17) is 5.26 Å². The molecule has 1 aromatic heterocycles. The summed E-state index contributed by atoms with van der Waals surface area (Å²) in [7, 11) is -0.0453. The van der Waals surface area contributed by atoms with E-state index in [1.54, 1.807) is 5.97 Å². The summed E-state index contributed by atoms with van der Waals surface area (Å²) in [6, 6.07) is 0. The predicted octanol–water partition coefficient (Wildman–Crippen LogP) is -0.528. The van der Waals surface area contributed by atoms with E-state index in [0.29, 0.717) is 0 Å². The van der Waals surface area contributed by atoms with Crippen molar-refractivity contribution < 1.29 is 4.92 Å². The van der Waals surface area contributed by atoms with Gasteiger partial charge >= 0.3 is 13.4 Å². The molecular weight excluding hydrogens is 147 g/mol. The molecule has 1 heterocycles. The number of nitro groups is 1. The molecule has 0 unspecified atom stereocenters. The fourth-order valence-corrected chi connectivity index (χ4v) is 0.673. The highest BCUT2D eigenvalue weighted by molar-refractivity contribution is 6.43. The molecule has 0 fully saturated rings. The molecule has 0 saturated carbocycles. The van der Waals surface area contributed by atoms with Crippen LogP contribution in [0.1, 0.15) is 0 Å². The summed E-state index contributed by atoms with van der Waals surface area (Å²) in [5, 5.41) is 18.4. The van der Waals surface area contributed by atoms with E-state index in [1.807, 2.05) is 0 Å². The molecule has 0 saturated heterocycles. The second kappa shape index (κ2) is 2.83. The molecule has 0 spiro atoms. The molecule has 0 aliphatic carbocycles. The van der Waals surface area contributed by atoms with E-state index < -0.39 is 4.92 Å². The molecule has 0 atom stereocenters. The summed E-state index contributed by atoms with van der Waals surface area (Å²) in [5.74, 6) is 1.48. The lowest BCUT2D eigenvalue weighted by Crippen LogP contribution is -2.06. The average molecular weight is 150 g/mol. The third-order valence-corrected chi connectivity index (χ3v) is 1.10. The van der Waals surface area contributed by atoms with Gasteiger partial charge in [-0.1, -0.05) is 4.98 Å². The summed E-state index contributed by atoms with van der Waals surface area (Å²) in [6.45, 7) is 0. The van der Waals surface area contributed by atoms with Gasteiger partial charge in [-0.15, -0.1) is 0 Å². The summed E-state index contributed by atoms with van der Waals surface area (Å²) < 4.78 is 1.17. The number of hydrogen-bond donors (Lipinski definition) is 0. The smallest absolute Gasteiger partial charge is 0.390 e. The van der Waals surface area contributed by atoms with E-state index in [0.717, 1.165) is 0 Å². The summed E-state index contributed by atoms with van der Waals surface area (Å²) in [4.78, 5) is 13.0. The Hall–Kier alpha value is -1.84. The maximum Gasteiger partial charge on any atom is 0.442 e. The van der Waals surface area contributed by atoms with Crippen molar-refractivity contribution in [2.45, 2.75) is 0 Å². The minimum absolute atomic E-state index is 0.0453. The van der Waals surface area contributed by atoms with Crippen LogP contribution in [0.5, 0.6) is 0 Å². The molecule has 0 N–H and O–H groups in total. The maximum atomic E-state index is 10.2. The second-order valence-corrected chi connectivity index (χ2v) is 1.77. The maximum absolute atomic E-state index is 10.2. The first-order valence-electron chi connectivity index (χ1n) is 2.78. The Balaban J connectivity index is 2.98. The minimum atomic E-state index is -0.628. The normalized spacial score (nSPS) is 8.64. The van der Waals surface area contributed by atoms with Gasteiger partial charge in [-0.05, 0) is 4.92 Å². The van der Waals surface area contributed by atoms with Gasteiger partial charge in [-0.3, -0.25) is 4.48 Å². The number of imidazole rings is 1. The SMILES string of the molecule is N#CBn1ccnc1[N+](=O)[O-]. The Labute approximate surface area is 62.5 Å². The monoisotopic (exact) mass is 150 g/mol. The molecule has 1 rings (SSSR count). The van der Waals surface area contributed by atoms with Crippen LogP contribution in [0.3, 0.4) is 0 Å². The van der Waals surface area contributed by atoms with Crippen molar-refractivity contribution in [3.63, 3.8) is 0 Å². The van der Waals surface area contributed by atoms with Crippen LogP contribution in [0.25, 0.3) is 0 Å². The van der Waals surface area contributed by atoms with Gasteiger partial charge in [0.1, 0.15) is 6.20 Å². The topological polar surface area (TPSA) is 84.8 Å². The molecular formula is C4H3BN4O2. The lowest BCUT2D eigenvalue weighted by Gasteiger charge is -1.92. The molecule has 1 aromatic rings. The van der Waals surface area contributed by atoms with Crippen LogP contribution in [0, 0.1) is 21.3 Å². The highest BCUT2D eigenvalue weighted by Crippen LogP contribution is 2.03. The highest BCUT2D eigenvalue weighted by atomic mass is 16.6. The van der Waals surface area contributed by atoms with Gasteiger partial charge in [0, 0.05) is 0 Å². The Morgan fingerprint density at radius 1 is 1.91 bits per heavy atom. The van der Waals surface area contributed by atoms with Gasteiger partial charge in [0.25, 0.3) is 0 Å². The Morgan fingerprint density at radius 2 is 2.64 bits per heavy atom. The van der Waals surface area contributed by atoms with E-state index in [2.05, 4.69) is 4.98 Å². The fraction of sp³-hybridized carbons (Fsp3) is 0. The third-order valence-electron chi connectivity index (χ3n) is 1.10. The second-order valence-electron chi connectivity index (χ2n) is 1.77. The zero-order valence-corrected chi connectivity index (χ0v) is 5.47.